The first-order valence-corrected chi connectivity index (χ1v) is 11.8. The number of hydrogen-bond acceptors (Lipinski definition) is 6. The zero-order chi connectivity index (χ0) is 21.8. The Kier molecular flexibility index (Phi) is 5.63. The first kappa shape index (κ1) is 21.9. The van der Waals surface area contributed by atoms with Crippen molar-refractivity contribution < 1.29 is 24.2 Å². The fourth-order valence-corrected chi connectivity index (χ4v) is 7.61. The molecule has 6 nitrogen and oxygen atoms in total. The Balaban J connectivity index is 1.60. The highest BCUT2D eigenvalue weighted by Crippen LogP contribution is 2.65. The molecule has 4 unspecified atom stereocenters. The minimum absolute atomic E-state index is 0.0115. The van der Waals surface area contributed by atoms with Crippen molar-refractivity contribution in [1.29, 1.82) is 0 Å². The summed E-state index contributed by atoms with van der Waals surface area (Å²) in [7, 11) is 0. The predicted octanol–water partition coefficient (Wildman–Crippen LogP) is 2.50. The number of hydrogen-bond donors (Lipinski definition) is 2. The average Bonchev–Trinajstić information content (AvgIpc) is 3.03. The van der Waals surface area contributed by atoms with Crippen molar-refractivity contribution in [3.8, 4) is 0 Å². The van der Waals surface area contributed by atoms with Crippen LogP contribution in [-0.2, 0) is 19.1 Å². The summed E-state index contributed by atoms with van der Waals surface area (Å²) in [5, 5.41) is 10.2. The van der Waals surface area contributed by atoms with Gasteiger partial charge in [-0.05, 0) is 61.7 Å². The molecule has 4 aliphatic carbocycles. The van der Waals surface area contributed by atoms with Crippen molar-refractivity contribution in [2.24, 2.45) is 52.1 Å². The normalized spacial score (nSPS) is 46.6. The van der Waals surface area contributed by atoms with Crippen LogP contribution in [0.3, 0.4) is 0 Å². The second kappa shape index (κ2) is 7.70. The van der Waals surface area contributed by atoms with Gasteiger partial charge in [-0.3, -0.25) is 14.4 Å². The standard InChI is InChI=1S/C24H37NO5/c1-13(11-25)22(29)30-14-6-8-23(2)17-7-9-24(3)16(4-5-19(24)27)20(17)21(28)15(12-26)18(23)10-14/h13-18,20,26H,4-12,25H2,1-3H3/t13?,14?,15?,16-,17+,18?,20-,23+,24-/m0/s1. The monoisotopic (exact) mass is 419 g/mol. The van der Waals surface area contributed by atoms with Crippen LogP contribution in [0.15, 0.2) is 0 Å². The molecular formula is C24H37NO5. The van der Waals surface area contributed by atoms with Crippen LogP contribution < -0.4 is 5.73 Å². The van der Waals surface area contributed by atoms with Crippen LogP contribution in [-0.4, -0.2) is 41.9 Å². The van der Waals surface area contributed by atoms with Gasteiger partial charge in [0, 0.05) is 30.2 Å². The predicted molar refractivity (Wildman–Crippen MR) is 111 cm³/mol. The molecule has 30 heavy (non-hydrogen) atoms. The van der Waals surface area contributed by atoms with Crippen LogP contribution in [0.2, 0.25) is 0 Å². The minimum Gasteiger partial charge on any atom is -0.462 e. The molecule has 0 aromatic carbocycles. The molecule has 0 heterocycles. The number of carbonyl (C=O) groups excluding carboxylic acids is 3. The minimum atomic E-state index is -0.428. The van der Waals surface area contributed by atoms with Crippen LogP contribution in [0.5, 0.6) is 0 Å². The zero-order valence-electron chi connectivity index (χ0n) is 18.6. The van der Waals surface area contributed by atoms with E-state index in [9.17, 15) is 19.5 Å². The van der Waals surface area contributed by atoms with Gasteiger partial charge in [0.05, 0.1) is 12.5 Å². The summed E-state index contributed by atoms with van der Waals surface area (Å²) in [5.74, 6) is -0.311. The molecule has 6 heteroatoms. The number of rotatable bonds is 4. The van der Waals surface area contributed by atoms with E-state index in [1.54, 1.807) is 6.92 Å². The number of aliphatic hydroxyl groups is 1. The highest BCUT2D eigenvalue weighted by atomic mass is 16.5. The van der Waals surface area contributed by atoms with Gasteiger partial charge < -0.3 is 15.6 Å². The summed E-state index contributed by atoms with van der Waals surface area (Å²) >= 11 is 0. The lowest BCUT2D eigenvalue weighted by Gasteiger charge is -2.61. The van der Waals surface area contributed by atoms with Crippen LogP contribution in [0.4, 0.5) is 0 Å². The molecule has 0 aromatic rings. The Bertz CT molecular complexity index is 737. The van der Waals surface area contributed by atoms with Crippen molar-refractivity contribution in [3.63, 3.8) is 0 Å². The number of Topliss-reactive ketones (excluding diaryl/α,β-unsaturated/α-hetero) is 2. The summed E-state index contributed by atoms with van der Waals surface area (Å²) in [5.41, 5.74) is 5.16. The Morgan fingerprint density at radius 1 is 1.17 bits per heavy atom. The lowest BCUT2D eigenvalue weighted by atomic mass is 9.42. The molecular weight excluding hydrogens is 382 g/mol. The number of ketones is 2. The number of carbonyl (C=O) groups is 3. The van der Waals surface area contributed by atoms with E-state index in [4.69, 9.17) is 10.5 Å². The Morgan fingerprint density at radius 2 is 1.90 bits per heavy atom. The van der Waals surface area contributed by atoms with Gasteiger partial charge in [0.1, 0.15) is 17.7 Å². The van der Waals surface area contributed by atoms with E-state index >= 15 is 0 Å². The maximum absolute atomic E-state index is 13.7. The molecule has 4 aliphatic rings. The molecule has 0 spiro atoms. The molecule has 9 atom stereocenters. The van der Waals surface area contributed by atoms with E-state index in [1.807, 2.05) is 0 Å². The largest absolute Gasteiger partial charge is 0.462 e. The van der Waals surface area contributed by atoms with Crippen LogP contribution in [0, 0.1) is 46.3 Å². The number of nitrogens with two attached hydrogens (primary N) is 1. The molecule has 168 valence electrons. The quantitative estimate of drug-likeness (QED) is 0.678. The first-order valence-electron chi connectivity index (χ1n) is 11.8. The van der Waals surface area contributed by atoms with Crippen LogP contribution >= 0.6 is 0 Å². The summed E-state index contributed by atoms with van der Waals surface area (Å²) < 4.78 is 5.75. The lowest BCUT2D eigenvalue weighted by Crippen LogP contribution is -2.61. The second-order valence-electron chi connectivity index (χ2n) is 10.9. The molecule has 0 bridgehead atoms. The topological polar surface area (TPSA) is 107 Å². The highest BCUT2D eigenvalue weighted by molar-refractivity contribution is 5.91. The molecule has 4 rings (SSSR count). The van der Waals surface area contributed by atoms with Gasteiger partial charge in [0.2, 0.25) is 0 Å². The smallest absolute Gasteiger partial charge is 0.310 e. The molecule has 4 fully saturated rings. The molecule has 0 aliphatic heterocycles. The Morgan fingerprint density at radius 3 is 2.57 bits per heavy atom. The van der Waals surface area contributed by atoms with Gasteiger partial charge in [-0.1, -0.05) is 20.8 Å². The molecule has 4 saturated carbocycles. The van der Waals surface area contributed by atoms with Crippen molar-refractivity contribution in [3.05, 3.63) is 0 Å². The van der Waals surface area contributed by atoms with Gasteiger partial charge in [-0.15, -0.1) is 0 Å². The summed E-state index contributed by atoms with van der Waals surface area (Å²) in [6.07, 6.45) is 5.22. The number of aliphatic hydroxyl groups excluding tert-OH is 1. The third-order valence-electron chi connectivity index (χ3n) is 9.61. The van der Waals surface area contributed by atoms with Gasteiger partial charge in [-0.2, -0.15) is 0 Å². The number of esters is 1. The van der Waals surface area contributed by atoms with Gasteiger partial charge in [0.25, 0.3) is 0 Å². The van der Waals surface area contributed by atoms with E-state index in [0.29, 0.717) is 18.6 Å². The average molecular weight is 420 g/mol. The summed E-state index contributed by atoms with van der Waals surface area (Å²) in [4.78, 5) is 38.6. The summed E-state index contributed by atoms with van der Waals surface area (Å²) in [6.45, 7) is 6.20. The van der Waals surface area contributed by atoms with E-state index in [0.717, 1.165) is 32.1 Å². The third kappa shape index (κ3) is 3.09. The SMILES string of the molecule is CC(CN)C(=O)OC1CC[C@@]2(C)C(C1)C(CO)C(=O)[C@@H]1[C@H]2CC[C@]2(C)C(=O)CC[C@@H]12. The van der Waals surface area contributed by atoms with E-state index in [1.165, 1.54) is 0 Å². The molecule has 3 N–H and O–H groups in total. The van der Waals surface area contributed by atoms with E-state index in [2.05, 4.69) is 13.8 Å². The van der Waals surface area contributed by atoms with Crippen molar-refractivity contribution in [2.45, 2.75) is 71.8 Å². The fourth-order valence-electron chi connectivity index (χ4n) is 7.61. The lowest BCUT2D eigenvalue weighted by molar-refractivity contribution is -0.180. The van der Waals surface area contributed by atoms with Crippen LogP contribution in [0.25, 0.3) is 0 Å². The second-order valence-corrected chi connectivity index (χ2v) is 10.9. The zero-order valence-corrected chi connectivity index (χ0v) is 18.6. The van der Waals surface area contributed by atoms with Gasteiger partial charge in [-0.25, -0.2) is 0 Å². The Labute approximate surface area is 179 Å². The van der Waals surface area contributed by atoms with Crippen LogP contribution in [0.1, 0.15) is 65.7 Å². The molecule has 0 amide bonds. The molecule has 0 aromatic heterocycles. The van der Waals surface area contributed by atoms with E-state index in [-0.39, 0.29) is 71.4 Å². The molecule has 0 radical (unpaired) electrons. The third-order valence-corrected chi connectivity index (χ3v) is 9.61. The maximum atomic E-state index is 13.7. The first-order chi connectivity index (χ1) is 14.2. The van der Waals surface area contributed by atoms with Crippen molar-refractivity contribution in [2.75, 3.05) is 13.2 Å². The molecule has 0 saturated heterocycles. The van der Waals surface area contributed by atoms with Gasteiger partial charge >= 0.3 is 5.97 Å². The van der Waals surface area contributed by atoms with Gasteiger partial charge in [0.15, 0.2) is 0 Å². The van der Waals surface area contributed by atoms with E-state index < -0.39 is 5.92 Å². The number of ether oxygens (including phenoxy) is 1. The maximum Gasteiger partial charge on any atom is 0.310 e. The number of fused-ring (bicyclic) bond motifs is 5. The Hall–Kier alpha value is -1.27. The highest BCUT2D eigenvalue weighted by Gasteiger charge is 2.65. The summed E-state index contributed by atoms with van der Waals surface area (Å²) in [6, 6.07) is 0. The van der Waals surface area contributed by atoms with Crippen molar-refractivity contribution >= 4 is 17.5 Å². The van der Waals surface area contributed by atoms with Crippen molar-refractivity contribution in [1.82, 2.24) is 0 Å². The fraction of sp³-hybridized carbons (Fsp3) is 0.875.